The largest absolute Gasteiger partial charge is 0.472 e. The van der Waals surface area contributed by atoms with Gasteiger partial charge in [0.25, 0.3) is 0 Å². The van der Waals surface area contributed by atoms with Gasteiger partial charge in [0.05, 0.1) is 26.4 Å². The number of phosphoric acid groups is 2. The number of aliphatic hydroxyl groups is 1. The van der Waals surface area contributed by atoms with E-state index in [0.29, 0.717) is 25.7 Å². The summed E-state index contributed by atoms with van der Waals surface area (Å²) in [6.45, 7) is 11.9. The van der Waals surface area contributed by atoms with Gasteiger partial charge in [-0.25, -0.2) is 9.13 Å². The van der Waals surface area contributed by atoms with Crippen molar-refractivity contribution in [2.75, 3.05) is 39.6 Å². The topological polar surface area (TPSA) is 237 Å². The molecule has 3 unspecified atom stereocenters. The van der Waals surface area contributed by atoms with Crippen molar-refractivity contribution in [3.63, 3.8) is 0 Å². The summed E-state index contributed by atoms with van der Waals surface area (Å²) in [5.74, 6) is 0.173. The van der Waals surface area contributed by atoms with E-state index in [1.165, 1.54) is 205 Å². The Morgan fingerprint density at radius 3 is 0.792 bits per heavy atom. The molecule has 0 saturated carbocycles. The molecule has 0 spiro atoms. The van der Waals surface area contributed by atoms with Gasteiger partial charge in [0.15, 0.2) is 12.2 Å². The fourth-order valence-electron chi connectivity index (χ4n) is 11.7. The summed E-state index contributed by atoms with van der Waals surface area (Å²) in [6, 6.07) is 0. The van der Waals surface area contributed by atoms with Crippen molar-refractivity contribution in [3.8, 4) is 0 Å². The summed E-state index contributed by atoms with van der Waals surface area (Å²) in [5, 5.41) is 10.6. The Balaban J connectivity index is 5.26. The van der Waals surface area contributed by atoms with Gasteiger partial charge in [-0.15, -0.1) is 0 Å². The highest BCUT2D eigenvalue weighted by Crippen LogP contribution is 2.45. The predicted octanol–water partition coefficient (Wildman–Crippen LogP) is 22.6. The molecule has 0 amide bonds. The molecule has 0 bridgehead atoms. The molecule has 570 valence electrons. The number of carbonyl (C=O) groups is 4. The van der Waals surface area contributed by atoms with E-state index in [-0.39, 0.29) is 25.7 Å². The maximum absolute atomic E-state index is 13.1. The van der Waals surface area contributed by atoms with E-state index in [1.807, 2.05) is 0 Å². The third-order valence-electron chi connectivity index (χ3n) is 18.2. The lowest BCUT2D eigenvalue weighted by atomic mass is 9.99. The van der Waals surface area contributed by atoms with E-state index < -0.39 is 97.5 Å². The Kier molecular flexibility index (Phi) is 66.2. The highest BCUT2D eigenvalue weighted by molar-refractivity contribution is 7.47. The van der Waals surface area contributed by atoms with Gasteiger partial charge in [-0.05, 0) is 43.4 Å². The van der Waals surface area contributed by atoms with E-state index in [2.05, 4.69) is 48.5 Å². The summed E-state index contributed by atoms with van der Waals surface area (Å²) < 4.78 is 68.6. The zero-order chi connectivity index (χ0) is 70.9. The third kappa shape index (κ3) is 69.2. The minimum Gasteiger partial charge on any atom is -0.462 e. The number of hydrogen-bond acceptors (Lipinski definition) is 15. The summed E-state index contributed by atoms with van der Waals surface area (Å²) in [7, 11) is -9.91. The van der Waals surface area contributed by atoms with Crippen molar-refractivity contribution < 1.29 is 80.2 Å². The molecule has 0 aromatic carbocycles. The Labute approximate surface area is 588 Å². The van der Waals surface area contributed by atoms with Gasteiger partial charge in [0.1, 0.15) is 19.3 Å². The quantitative estimate of drug-likeness (QED) is 0.0222. The maximum atomic E-state index is 13.1. The number of unbranched alkanes of at least 4 members (excludes halogenated alkanes) is 42. The summed E-state index contributed by atoms with van der Waals surface area (Å²) in [6.07, 6.45) is 54.0. The number of carbonyl (C=O) groups excluding carboxylic acids is 4. The van der Waals surface area contributed by atoms with E-state index in [4.69, 9.17) is 37.0 Å². The number of ether oxygens (including phenoxy) is 4. The van der Waals surface area contributed by atoms with Crippen LogP contribution in [0.1, 0.15) is 395 Å². The van der Waals surface area contributed by atoms with Crippen molar-refractivity contribution in [1.82, 2.24) is 0 Å². The molecular formula is C77H150O17P2. The summed E-state index contributed by atoms with van der Waals surface area (Å²) >= 11 is 0. The number of phosphoric ester groups is 2. The fourth-order valence-corrected chi connectivity index (χ4v) is 13.3. The molecule has 96 heavy (non-hydrogen) atoms. The molecule has 0 radical (unpaired) electrons. The molecule has 0 fully saturated rings. The lowest BCUT2D eigenvalue weighted by Gasteiger charge is -2.21. The molecular weight excluding hydrogens is 1260 g/mol. The van der Waals surface area contributed by atoms with Crippen molar-refractivity contribution in [3.05, 3.63) is 0 Å². The molecule has 17 nitrogen and oxygen atoms in total. The highest BCUT2D eigenvalue weighted by atomic mass is 31.2. The maximum Gasteiger partial charge on any atom is 0.472 e. The average Bonchev–Trinajstić information content (AvgIpc) is 1.66. The van der Waals surface area contributed by atoms with Gasteiger partial charge in [0, 0.05) is 25.7 Å². The SMILES string of the molecule is CCCCCCCCCCCCCCCCCCCCC(=O)O[C@H](COC(=O)CCCCCCCCCCCCC(C)CC)COP(=O)(O)OC[C@@H](O)COP(=O)(O)OC[C@@H](COC(=O)CCCCCCCCCCCC(C)C)OC(=O)CCCCCCCCCCCC(C)C. The van der Waals surface area contributed by atoms with Gasteiger partial charge in [-0.3, -0.25) is 37.3 Å². The number of esters is 4. The molecule has 6 atom stereocenters. The number of aliphatic hydroxyl groups excluding tert-OH is 1. The zero-order valence-electron chi connectivity index (χ0n) is 62.8. The third-order valence-corrected chi connectivity index (χ3v) is 20.1. The first-order valence-electron chi connectivity index (χ1n) is 39.9. The Morgan fingerprint density at radius 1 is 0.302 bits per heavy atom. The lowest BCUT2D eigenvalue weighted by molar-refractivity contribution is -0.161. The predicted molar refractivity (Wildman–Crippen MR) is 391 cm³/mol. The molecule has 0 aromatic rings. The van der Waals surface area contributed by atoms with Crippen LogP contribution >= 0.6 is 15.6 Å². The minimum atomic E-state index is -4.96. The zero-order valence-corrected chi connectivity index (χ0v) is 64.6. The van der Waals surface area contributed by atoms with Crippen LogP contribution in [-0.2, 0) is 65.4 Å². The van der Waals surface area contributed by atoms with E-state index in [1.54, 1.807) is 0 Å². The summed E-state index contributed by atoms with van der Waals surface area (Å²) in [5.41, 5.74) is 0. The molecule has 0 rings (SSSR count). The van der Waals surface area contributed by atoms with Crippen LogP contribution in [0.2, 0.25) is 0 Å². The second-order valence-corrected chi connectivity index (χ2v) is 31.8. The minimum absolute atomic E-state index is 0.105. The summed E-state index contributed by atoms with van der Waals surface area (Å²) in [4.78, 5) is 72.9. The van der Waals surface area contributed by atoms with Crippen molar-refractivity contribution in [2.45, 2.75) is 414 Å². The Hall–Kier alpha value is -1.94. The Bertz CT molecular complexity index is 1870. The van der Waals surface area contributed by atoms with Crippen molar-refractivity contribution in [1.29, 1.82) is 0 Å². The van der Waals surface area contributed by atoms with Crippen LogP contribution in [0, 0.1) is 17.8 Å². The van der Waals surface area contributed by atoms with Crippen LogP contribution in [0.4, 0.5) is 0 Å². The second-order valence-electron chi connectivity index (χ2n) is 28.9. The van der Waals surface area contributed by atoms with Crippen LogP contribution in [0.5, 0.6) is 0 Å². The molecule has 0 aliphatic carbocycles. The monoisotopic (exact) mass is 1410 g/mol. The number of hydrogen-bond donors (Lipinski definition) is 3. The van der Waals surface area contributed by atoms with Crippen LogP contribution in [0.25, 0.3) is 0 Å². The standard InChI is InChI=1S/C77H150O17P2/c1-8-10-11-12-13-14-15-16-17-18-19-20-21-22-31-39-46-53-60-76(81)93-72(64-87-74(79)58-51-44-37-30-24-23-29-36-43-50-57-70(7)9-2)66-91-95(83,84)89-62-71(78)63-90-96(85,86)92-67-73(94-77(82)61-54-47-40-33-26-28-35-42-49-56-69(5)6)65-88-75(80)59-52-45-38-32-25-27-34-41-48-55-68(3)4/h68-73,78H,8-67H2,1-7H3,(H,83,84)(H,85,86)/t70?,71-,72-,73-/m1/s1. The van der Waals surface area contributed by atoms with Crippen LogP contribution < -0.4 is 0 Å². The van der Waals surface area contributed by atoms with Crippen molar-refractivity contribution in [2.24, 2.45) is 17.8 Å². The van der Waals surface area contributed by atoms with E-state index in [0.717, 1.165) is 108 Å². The van der Waals surface area contributed by atoms with Crippen LogP contribution in [0.3, 0.4) is 0 Å². The van der Waals surface area contributed by atoms with Crippen molar-refractivity contribution >= 4 is 39.5 Å². The van der Waals surface area contributed by atoms with Crippen LogP contribution in [0.15, 0.2) is 0 Å². The van der Waals surface area contributed by atoms with E-state index in [9.17, 15) is 43.2 Å². The first-order chi connectivity index (χ1) is 46.3. The molecule has 3 N–H and O–H groups in total. The highest BCUT2D eigenvalue weighted by Gasteiger charge is 2.30. The molecule has 19 heteroatoms. The average molecular weight is 1410 g/mol. The van der Waals surface area contributed by atoms with Crippen LogP contribution in [-0.4, -0.2) is 96.7 Å². The first-order valence-corrected chi connectivity index (χ1v) is 42.9. The molecule has 0 aliphatic rings. The van der Waals surface area contributed by atoms with Gasteiger partial charge in [0.2, 0.25) is 0 Å². The molecule has 0 saturated heterocycles. The molecule has 0 heterocycles. The number of rotatable bonds is 75. The lowest BCUT2D eigenvalue weighted by Crippen LogP contribution is -2.30. The first kappa shape index (κ1) is 94.1. The molecule has 0 aromatic heterocycles. The normalized spacial score (nSPS) is 14.3. The van der Waals surface area contributed by atoms with Gasteiger partial charge >= 0.3 is 39.5 Å². The van der Waals surface area contributed by atoms with Gasteiger partial charge < -0.3 is 33.8 Å². The Morgan fingerprint density at radius 2 is 0.531 bits per heavy atom. The molecule has 0 aliphatic heterocycles. The van der Waals surface area contributed by atoms with E-state index >= 15 is 0 Å². The fraction of sp³-hybridized carbons (Fsp3) is 0.948. The van der Waals surface area contributed by atoms with Gasteiger partial charge in [-0.2, -0.15) is 0 Å². The second kappa shape index (κ2) is 67.5. The smallest absolute Gasteiger partial charge is 0.462 e. The van der Waals surface area contributed by atoms with Gasteiger partial charge in [-0.1, -0.05) is 344 Å².